The summed E-state index contributed by atoms with van der Waals surface area (Å²) in [4.78, 5) is 17.0. The van der Waals surface area contributed by atoms with Crippen LogP contribution < -0.4 is 5.73 Å². The fourth-order valence-electron chi connectivity index (χ4n) is 1.87. The van der Waals surface area contributed by atoms with Gasteiger partial charge >= 0.3 is 6.03 Å². The van der Waals surface area contributed by atoms with Crippen molar-refractivity contribution in [1.82, 2.24) is 4.90 Å². The number of hydrogen-bond donors (Lipinski definition) is 1. The SMILES string of the molecule is C#CC(C)N1C(=O)N=C(N)C1(C)C(C)OC. The first-order chi connectivity index (χ1) is 7.39. The summed E-state index contributed by atoms with van der Waals surface area (Å²) in [5, 5.41) is 0. The van der Waals surface area contributed by atoms with E-state index in [-0.39, 0.29) is 18.0 Å². The van der Waals surface area contributed by atoms with Gasteiger partial charge in [-0.3, -0.25) is 4.90 Å². The normalized spacial score (nSPS) is 28.6. The molecule has 0 spiro atoms. The minimum absolute atomic E-state index is 0.244. The van der Waals surface area contributed by atoms with Crippen LogP contribution in [0.4, 0.5) is 4.79 Å². The molecule has 0 aromatic carbocycles. The molecular weight excluding hydrogens is 206 g/mol. The number of ether oxygens (including phenoxy) is 1. The molecule has 0 aliphatic carbocycles. The highest BCUT2D eigenvalue weighted by molar-refractivity contribution is 6.06. The number of methoxy groups -OCH3 is 1. The van der Waals surface area contributed by atoms with E-state index in [2.05, 4.69) is 10.9 Å². The number of nitrogens with two attached hydrogens (primary N) is 1. The quantitative estimate of drug-likeness (QED) is 0.712. The van der Waals surface area contributed by atoms with Gasteiger partial charge in [-0.25, -0.2) is 4.79 Å². The first kappa shape index (κ1) is 12.5. The summed E-state index contributed by atoms with van der Waals surface area (Å²) in [7, 11) is 1.56. The molecule has 2 N–H and O–H groups in total. The van der Waals surface area contributed by atoms with E-state index in [4.69, 9.17) is 16.9 Å². The van der Waals surface area contributed by atoms with Crippen molar-refractivity contribution in [1.29, 1.82) is 0 Å². The Labute approximate surface area is 95.7 Å². The Morgan fingerprint density at radius 2 is 2.19 bits per heavy atom. The maximum absolute atomic E-state index is 11.7. The van der Waals surface area contributed by atoms with Crippen LogP contribution >= 0.6 is 0 Å². The molecule has 0 saturated heterocycles. The van der Waals surface area contributed by atoms with Crippen LogP contribution in [-0.4, -0.2) is 41.6 Å². The largest absolute Gasteiger partial charge is 0.385 e. The Balaban J connectivity index is 3.18. The van der Waals surface area contributed by atoms with E-state index < -0.39 is 11.6 Å². The van der Waals surface area contributed by atoms with Gasteiger partial charge in [0.15, 0.2) is 0 Å². The van der Waals surface area contributed by atoms with Crippen molar-refractivity contribution in [3.8, 4) is 12.3 Å². The van der Waals surface area contributed by atoms with Crippen LogP contribution in [0.3, 0.4) is 0 Å². The highest BCUT2D eigenvalue weighted by atomic mass is 16.5. The molecule has 3 atom stereocenters. The number of aliphatic imine (C=N–C) groups is 1. The van der Waals surface area contributed by atoms with Crippen molar-refractivity contribution in [3.05, 3.63) is 0 Å². The van der Waals surface area contributed by atoms with Crippen molar-refractivity contribution >= 4 is 11.9 Å². The van der Waals surface area contributed by atoms with Crippen molar-refractivity contribution in [2.45, 2.75) is 38.5 Å². The second-order valence-corrected chi connectivity index (χ2v) is 4.02. The van der Waals surface area contributed by atoms with E-state index in [1.54, 1.807) is 21.0 Å². The van der Waals surface area contributed by atoms with Gasteiger partial charge in [0.1, 0.15) is 11.4 Å². The molecule has 0 bridgehead atoms. The van der Waals surface area contributed by atoms with Gasteiger partial charge in [0.2, 0.25) is 0 Å². The highest BCUT2D eigenvalue weighted by Gasteiger charge is 2.50. The number of amidine groups is 1. The lowest BCUT2D eigenvalue weighted by Crippen LogP contribution is -2.61. The van der Waals surface area contributed by atoms with E-state index in [0.717, 1.165) is 0 Å². The number of nitrogens with zero attached hydrogens (tertiary/aromatic N) is 2. The predicted octanol–water partition coefficient (Wildman–Crippen LogP) is 0.595. The molecule has 2 amide bonds. The number of urea groups is 1. The smallest absolute Gasteiger partial charge is 0.347 e. The standard InChI is InChI=1S/C11H17N3O2/c1-6-7(2)14-10(15)13-9(12)11(14,4)8(3)16-5/h1,7-8H,2-5H3,(H2,12,13,15). The molecule has 1 aliphatic heterocycles. The fourth-order valence-corrected chi connectivity index (χ4v) is 1.87. The van der Waals surface area contributed by atoms with Gasteiger partial charge in [-0.15, -0.1) is 6.42 Å². The topological polar surface area (TPSA) is 67.9 Å². The summed E-state index contributed by atoms with van der Waals surface area (Å²) < 4.78 is 5.26. The number of hydrogen-bond acceptors (Lipinski definition) is 3. The summed E-state index contributed by atoms with van der Waals surface area (Å²) >= 11 is 0. The number of amides is 2. The highest BCUT2D eigenvalue weighted by Crippen LogP contribution is 2.30. The molecule has 3 unspecified atom stereocenters. The maximum Gasteiger partial charge on any atom is 0.347 e. The molecule has 5 nitrogen and oxygen atoms in total. The van der Waals surface area contributed by atoms with Gasteiger partial charge < -0.3 is 10.5 Å². The van der Waals surface area contributed by atoms with Crippen molar-refractivity contribution in [3.63, 3.8) is 0 Å². The molecule has 1 aliphatic rings. The number of carbonyl (C=O) groups is 1. The first-order valence-corrected chi connectivity index (χ1v) is 5.06. The van der Waals surface area contributed by atoms with Crippen molar-refractivity contribution in [2.24, 2.45) is 10.7 Å². The molecule has 5 heteroatoms. The van der Waals surface area contributed by atoms with Crippen LogP contribution in [0.2, 0.25) is 0 Å². The van der Waals surface area contributed by atoms with Gasteiger partial charge in [0, 0.05) is 7.11 Å². The zero-order valence-electron chi connectivity index (χ0n) is 10.0. The average molecular weight is 223 g/mol. The summed E-state index contributed by atoms with van der Waals surface area (Å²) in [6, 6.07) is -0.783. The van der Waals surface area contributed by atoms with E-state index in [0.29, 0.717) is 0 Å². The Kier molecular flexibility index (Phi) is 3.24. The minimum Gasteiger partial charge on any atom is -0.385 e. The number of rotatable bonds is 3. The van der Waals surface area contributed by atoms with Crippen LogP contribution in [0.1, 0.15) is 20.8 Å². The van der Waals surface area contributed by atoms with Crippen LogP contribution in [-0.2, 0) is 4.74 Å². The molecular formula is C11H17N3O2. The second kappa shape index (κ2) is 4.14. The summed E-state index contributed by atoms with van der Waals surface area (Å²) in [6.45, 7) is 5.39. The molecule has 0 fully saturated rings. The van der Waals surface area contributed by atoms with Crippen LogP contribution in [0, 0.1) is 12.3 Å². The Hall–Kier alpha value is -1.54. The van der Waals surface area contributed by atoms with Crippen LogP contribution in [0.15, 0.2) is 4.99 Å². The minimum atomic E-state index is -0.780. The van der Waals surface area contributed by atoms with Gasteiger partial charge in [-0.1, -0.05) is 5.92 Å². The fraction of sp³-hybridized carbons (Fsp3) is 0.636. The van der Waals surface area contributed by atoms with E-state index in [1.165, 1.54) is 4.90 Å². The molecule has 1 heterocycles. The molecule has 0 radical (unpaired) electrons. The monoisotopic (exact) mass is 223 g/mol. The van der Waals surface area contributed by atoms with Gasteiger partial charge in [-0.2, -0.15) is 4.99 Å². The Morgan fingerprint density at radius 1 is 1.62 bits per heavy atom. The Morgan fingerprint density at radius 3 is 2.62 bits per heavy atom. The number of carbonyl (C=O) groups excluding carboxylic acids is 1. The van der Waals surface area contributed by atoms with Crippen LogP contribution in [0.25, 0.3) is 0 Å². The number of terminal acetylenes is 1. The third kappa shape index (κ3) is 1.55. The summed E-state index contributed by atoms with van der Waals surface area (Å²) in [5.74, 6) is 2.76. The molecule has 0 saturated carbocycles. The van der Waals surface area contributed by atoms with Crippen molar-refractivity contribution < 1.29 is 9.53 Å². The molecule has 1 rings (SSSR count). The van der Waals surface area contributed by atoms with Crippen molar-refractivity contribution in [2.75, 3.05) is 7.11 Å². The first-order valence-electron chi connectivity index (χ1n) is 5.06. The zero-order chi connectivity index (χ0) is 12.5. The van der Waals surface area contributed by atoms with Gasteiger partial charge in [0.25, 0.3) is 0 Å². The maximum atomic E-state index is 11.7. The average Bonchev–Trinajstić information content (AvgIpc) is 2.48. The third-order valence-corrected chi connectivity index (χ3v) is 3.21. The second-order valence-electron chi connectivity index (χ2n) is 4.02. The van der Waals surface area contributed by atoms with E-state index in [1.807, 2.05) is 6.92 Å². The lowest BCUT2D eigenvalue weighted by atomic mass is 9.92. The molecule has 0 aromatic rings. The lowest BCUT2D eigenvalue weighted by molar-refractivity contribution is 0.0202. The van der Waals surface area contributed by atoms with Crippen LogP contribution in [0.5, 0.6) is 0 Å². The molecule has 0 aromatic heterocycles. The van der Waals surface area contributed by atoms with Gasteiger partial charge in [-0.05, 0) is 20.8 Å². The summed E-state index contributed by atoms with van der Waals surface area (Å²) in [5.41, 5.74) is 5.02. The predicted molar refractivity (Wildman–Crippen MR) is 62.0 cm³/mol. The lowest BCUT2D eigenvalue weighted by Gasteiger charge is -2.40. The third-order valence-electron chi connectivity index (χ3n) is 3.21. The molecule has 88 valence electrons. The van der Waals surface area contributed by atoms with E-state index in [9.17, 15) is 4.79 Å². The summed E-state index contributed by atoms with van der Waals surface area (Å²) in [6.07, 6.45) is 5.07. The van der Waals surface area contributed by atoms with E-state index >= 15 is 0 Å². The zero-order valence-corrected chi connectivity index (χ0v) is 10.0. The molecule has 16 heavy (non-hydrogen) atoms. The van der Waals surface area contributed by atoms with Gasteiger partial charge in [0.05, 0.1) is 12.1 Å². The Bertz CT molecular complexity index is 372.